The summed E-state index contributed by atoms with van der Waals surface area (Å²) in [4.78, 5) is 21.3. The maximum Gasteiger partial charge on any atom is 0.255 e. The lowest BCUT2D eigenvalue weighted by Gasteiger charge is -2.16. The number of hydrogen-bond acceptors (Lipinski definition) is 5. The molecule has 3 aromatic rings. The number of carbonyl (C=O) groups excluding carboxylic acids is 1. The van der Waals surface area contributed by atoms with Crippen molar-refractivity contribution in [3.05, 3.63) is 59.8 Å². The molecule has 2 saturated heterocycles. The summed E-state index contributed by atoms with van der Waals surface area (Å²) in [7, 11) is 0. The van der Waals surface area contributed by atoms with Gasteiger partial charge in [-0.25, -0.2) is 0 Å². The maximum atomic E-state index is 12.8. The molecular formula is C21H24N6O. The molecule has 0 spiro atoms. The molecule has 0 aromatic carbocycles. The van der Waals surface area contributed by atoms with E-state index in [0.717, 1.165) is 69.0 Å². The van der Waals surface area contributed by atoms with Gasteiger partial charge in [-0.2, -0.15) is 0 Å². The van der Waals surface area contributed by atoms with Gasteiger partial charge in [0.2, 0.25) is 0 Å². The van der Waals surface area contributed by atoms with Crippen LogP contribution in [0.4, 0.5) is 0 Å². The summed E-state index contributed by atoms with van der Waals surface area (Å²) in [5.41, 5.74) is 2.76. The molecule has 0 bridgehead atoms. The lowest BCUT2D eigenvalue weighted by atomic mass is 10.1. The minimum Gasteiger partial charge on any atom is -0.339 e. The number of hydrogen-bond donors (Lipinski definition) is 0. The van der Waals surface area contributed by atoms with Gasteiger partial charge in [-0.15, -0.1) is 10.2 Å². The molecule has 5 rings (SSSR count). The zero-order chi connectivity index (χ0) is 18.9. The molecule has 2 fully saturated rings. The first-order valence-electron chi connectivity index (χ1n) is 10.0. The van der Waals surface area contributed by atoms with Gasteiger partial charge in [0, 0.05) is 50.7 Å². The first-order valence-corrected chi connectivity index (χ1v) is 10.0. The van der Waals surface area contributed by atoms with Crippen LogP contribution < -0.4 is 0 Å². The first-order chi connectivity index (χ1) is 13.8. The summed E-state index contributed by atoms with van der Waals surface area (Å²) in [5.74, 6) is 1.40. The third-order valence-corrected chi connectivity index (χ3v) is 5.84. The van der Waals surface area contributed by atoms with Crippen molar-refractivity contribution in [3.63, 3.8) is 0 Å². The average Bonchev–Trinajstić information content (AvgIpc) is 3.48. The summed E-state index contributed by atoms with van der Waals surface area (Å²) in [6.45, 7) is 4.59. The van der Waals surface area contributed by atoms with Crippen LogP contribution in [0.2, 0.25) is 0 Å². The molecule has 28 heavy (non-hydrogen) atoms. The highest BCUT2D eigenvalue weighted by Crippen LogP contribution is 2.27. The molecule has 5 heterocycles. The number of rotatable bonds is 4. The first kappa shape index (κ1) is 17.3. The van der Waals surface area contributed by atoms with Crippen LogP contribution in [0, 0.1) is 0 Å². The second-order valence-electron chi connectivity index (χ2n) is 7.79. The Bertz CT molecular complexity index is 979. The van der Waals surface area contributed by atoms with Crippen LogP contribution in [0.5, 0.6) is 0 Å². The highest BCUT2D eigenvalue weighted by molar-refractivity contribution is 5.94. The van der Waals surface area contributed by atoms with Gasteiger partial charge < -0.3 is 4.90 Å². The van der Waals surface area contributed by atoms with Gasteiger partial charge in [0.15, 0.2) is 5.65 Å². The van der Waals surface area contributed by atoms with Crippen molar-refractivity contribution in [2.45, 2.75) is 31.7 Å². The van der Waals surface area contributed by atoms with Crippen molar-refractivity contribution in [3.8, 4) is 0 Å². The largest absolute Gasteiger partial charge is 0.339 e. The average molecular weight is 376 g/mol. The molecular weight excluding hydrogens is 352 g/mol. The second-order valence-corrected chi connectivity index (χ2v) is 7.79. The predicted octanol–water partition coefficient (Wildman–Crippen LogP) is 2.35. The Morgan fingerprint density at radius 1 is 1.11 bits per heavy atom. The van der Waals surface area contributed by atoms with E-state index in [9.17, 15) is 4.79 Å². The van der Waals surface area contributed by atoms with E-state index in [2.05, 4.69) is 26.1 Å². The van der Waals surface area contributed by atoms with Crippen LogP contribution in [0.25, 0.3) is 5.65 Å². The molecule has 2 aliphatic rings. The van der Waals surface area contributed by atoms with Crippen molar-refractivity contribution in [1.82, 2.24) is 29.4 Å². The number of likely N-dealkylation sites (tertiary alicyclic amines) is 2. The number of carbonyl (C=O) groups is 1. The fourth-order valence-corrected chi connectivity index (χ4v) is 4.35. The minimum atomic E-state index is 0.115. The number of amides is 1. The van der Waals surface area contributed by atoms with Gasteiger partial charge in [0.05, 0.1) is 5.56 Å². The van der Waals surface area contributed by atoms with E-state index in [-0.39, 0.29) is 5.91 Å². The van der Waals surface area contributed by atoms with Crippen LogP contribution in [-0.4, -0.2) is 61.5 Å². The van der Waals surface area contributed by atoms with Gasteiger partial charge in [0.25, 0.3) is 5.91 Å². The standard InChI is InChI=1S/C21H24N6O/c28-21(26-9-1-2-10-26)18-5-6-19-23-24-20(27(19)15-18)17-7-11-25(14-17)13-16-4-3-8-22-12-16/h3-6,8,12,15,17H,1-2,7,9-11,13-14H2. The van der Waals surface area contributed by atoms with Crippen LogP contribution in [0.3, 0.4) is 0 Å². The van der Waals surface area contributed by atoms with Crippen LogP contribution >= 0.6 is 0 Å². The smallest absolute Gasteiger partial charge is 0.255 e. The van der Waals surface area contributed by atoms with Crippen molar-refractivity contribution in [2.75, 3.05) is 26.2 Å². The van der Waals surface area contributed by atoms with Gasteiger partial charge >= 0.3 is 0 Å². The van der Waals surface area contributed by atoms with E-state index < -0.39 is 0 Å². The summed E-state index contributed by atoms with van der Waals surface area (Å²) in [5, 5.41) is 8.80. The Labute approximate surface area is 164 Å². The predicted molar refractivity (Wildman–Crippen MR) is 105 cm³/mol. The van der Waals surface area contributed by atoms with E-state index in [0.29, 0.717) is 5.92 Å². The molecule has 7 heteroatoms. The molecule has 1 unspecified atom stereocenters. The molecule has 7 nitrogen and oxygen atoms in total. The molecule has 3 aromatic heterocycles. The highest BCUT2D eigenvalue weighted by Gasteiger charge is 2.28. The quantitative estimate of drug-likeness (QED) is 0.699. The topological polar surface area (TPSA) is 66.6 Å². The summed E-state index contributed by atoms with van der Waals surface area (Å²) < 4.78 is 2.02. The van der Waals surface area contributed by atoms with E-state index in [1.54, 1.807) is 6.20 Å². The molecule has 0 N–H and O–H groups in total. The Kier molecular flexibility index (Phi) is 4.52. The summed E-state index contributed by atoms with van der Waals surface area (Å²) in [6.07, 6.45) is 8.90. The summed E-state index contributed by atoms with van der Waals surface area (Å²) in [6, 6.07) is 7.87. The minimum absolute atomic E-state index is 0.115. The zero-order valence-corrected chi connectivity index (χ0v) is 15.9. The molecule has 144 valence electrons. The van der Waals surface area contributed by atoms with E-state index in [1.807, 2.05) is 39.9 Å². The van der Waals surface area contributed by atoms with E-state index >= 15 is 0 Å². The van der Waals surface area contributed by atoms with Gasteiger partial charge in [0.1, 0.15) is 5.82 Å². The zero-order valence-electron chi connectivity index (χ0n) is 15.9. The Hall–Kier alpha value is -2.80. The molecule has 2 aliphatic heterocycles. The van der Waals surface area contributed by atoms with Crippen LogP contribution in [0.1, 0.15) is 46.9 Å². The maximum absolute atomic E-state index is 12.8. The van der Waals surface area contributed by atoms with Crippen molar-refractivity contribution in [1.29, 1.82) is 0 Å². The highest BCUT2D eigenvalue weighted by atomic mass is 16.2. The Balaban J connectivity index is 1.36. The van der Waals surface area contributed by atoms with E-state index in [4.69, 9.17) is 0 Å². The molecule has 1 atom stereocenters. The Morgan fingerprint density at radius 3 is 2.82 bits per heavy atom. The number of pyridine rings is 2. The lowest BCUT2D eigenvalue weighted by molar-refractivity contribution is 0.0792. The van der Waals surface area contributed by atoms with E-state index in [1.165, 1.54) is 5.56 Å². The molecule has 0 aliphatic carbocycles. The van der Waals surface area contributed by atoms with Crippen molar-refractivity contribution < 1.29 is 4.79 Å². The third-order valence-electron chi connectivity index (χ3n) is 5.84. The number of aromatic nitrogens is 4. The molecule has 0 radical (unpaired) electrons. The van der Waals surface area contributed by atoms with Crippen LogP contribution in [0.15, 0.2) is 42.9 Å². The molecule has 0 saturated carbocycles. The second kappa shape index (κ2) is 7.31. The fourth-order valence-electron chi connectivity index (χ4n) is 4.35. The normalized spacial score (nSPS) is 20.3. The third kappa shape index (κ3) is 3.26. The monoisotopic (exact) mass is 376 g/mol. The number of fused-ring (bicyclic) bond motifs is 1. The number of nitrogens with zero attached hydrogens (tertiary/aromatic N) is 6. The Morgan fingerprint density at radius 2 is 2.00 bits per heavy atom. The molecule has 1 amide bonds. The van der Waals surface area contributed by atoms with Crippen LogP contribution in [-0.2, 0) is 6.54 Å². The van der Waals surface area contributed by atoms with Gasteiger partial charge in [-0.3, -0.25) is 19.1 Å². The van der Waals surface area contributed by atoms with Gasteiger partial charge in [-0.05, 0) is 49.6 Å². The SMILES string of the molecule is O=C(c1ccc2nnc(C3CCN(Cc4cccnc4)C3)n2c1)N1CCCC1. The fraction of sp³-hybridized carbons (Fsp3) is 0.429. The van der Waals surface area contributed by atoms with Crippen molar-refractivity contribution >= 4 is 11.6 Å². The van der Waals surface area contributed by atoms with Crippen molar-refractivity contribution in [2.24, 2.45) is 0 Å². The lowest BCUT2D eigenvalue weighted by Crippen LogP contribution is -2.27. The summed E-state index contributed by atoms with van der Waals surface area (Å²) >= 11 is 0. The van der Waals surface area contributed by atoms with Gasteiger partial charge in [-0.1, -0.05) is 6.07 Å².